The quantitative estimate of drug-likeness (QED) is 0.300. The first-order chi connectivity index (χ1) is 17.8. The van der Waals surface area contributed by atoms with Gasteiger partial charge in [-0.2, -0.15) is 0 Å². The van der Waals surface area contributed by atoms with E-state index in [1.165, 1.54) is 23.8 Å². The van der Waals surface area contributed by atoms with Crippen molar-refractivity contribution in [3.8, 4) is 11.5 Å². The predicted octanol–water partition coefficient (Wildman–Crippen LogP) is 3.48. The van der Waals surface area contributed by atoms with E-state index in [0.717, 1.165) is 18.2 Å². The lowest BCUT2D eigenvalue weighted by molar-refractivity contribution is -0.688. The van der Waals surface area contributed by atoms with Crippen LogP contribution in [0.3, 0.4) is 0 Å². The van der Waals surface area contributed by atoms with Crippen LogP contribution >= 0.6 is 0 Å². The Hall–Kier alpha value is -4.78. The molecular weight excluding hydrogens is 468 g/mol. The molecule has 1 aromatic heterocycles. The van der Waals surface area contributed by atoms with Gasteiger partial charge in [0.1, 0.15) is 11.5 Å². The molecule has 5 rings (SSSR count). The van der Waals surface area contributed by atoms with Gasteiger partial charge in [0.05, 0.1) is 11.1 Å². The second-order valence-electron chi connectivity index (χ2n) is 9.11. The molecule has 0 aliphatic heterocycles. The number of phenols is 2. The van der Waals surface area contributed by atoms with Gasteiger partial charge in [-0.25, -0.2) is 4.57 Å². The number of phenolic OH excluding ortho intramolecular Hbond substituents is 2. The number of ketones is 2. The van der Waals surface area contributed by atoms with Crippen LogP contribution in [-0.4, -0.2) is 27.7 Å². The van der Waals surface area contributed by atoms with E-state index in [1.54, 1.807) is 0 Å². The monoisotopic (exact) mass is 493 g/mol. The normalized spacial score (nSPS) is 12.2. The largest absolute Gasteiger partial charge is 0.507 e. The molecule has 1 aliphatic carbocycles. The van der Waals surface area contributed by atoms with Crippen molar-refractivity contribution in [2.75, 3.05) is 0 Å². The Morgan fingerprint density at radius 2 is 1.49 bits per heavy atom. The summed E-state index contributed by atoms with van der Waals surface area (Å²) in [7, 11) is 0. The molecule has 4 N–H and O–H groups in total. The molecule has 0 fully saturated rings. The van der Waals surface area contributed by atoms with Crippen LogP contribution in [0.15, 0.2) is 79.1 Å². The Morgan fingerprint density at radius 3 is 2.19 bits per heavy atom. The van der Waals surface area contributed by atoms with E-state index in [-0.39, 0.29) is 33.6 Å². The average molecular weight is 494 g/mol. The first-order valence-electron chi connectivity index (χ1n) is 12.0. The molecule has 0 bridgehead atoms. The first-order valence-corrected chi connectivity index (χ1v) is 12.0. The molecule has 1 heterocycles. The van der Waals surface area contributed by atoms with Gasteiger partial charge in [0.2, 0.25) is 11.7 Å². The van der Waals surface area contributed by atoms with Crippen molar-refractivity contribution < 1.29 is 29.2 Å². The minimum Gasteiger partial charge on any atom is -0.507 e. The Kier molecular flexibility index (Phi) is 6.27. The second-order valence-corrected chi connectivity index (χ2v) is 9.11. The van der Waals surface area contributed by atoms with Gasteiger partial charge in [-0.1, -0.05) is 42.5 Å². The summed E-state index contributed by atoms with van der Waals surface area (Å²) in [5, 5.41) is 20.8. The number of hydrogen-bond acceptors (Lipinski definition) is 5. The maximum absolute atomic E-state index is 13.4. The molecule has 0 unspecified atom stereocenters. The number of amides is 1. The summed E-state index contributed by atoms with van der Waals surface area (Å²) >= 11 is 0. The maximum Gasteiger partial charge on any atom is 0.249 e. The van der Waals surface area contributed by atoms with Gasteiger partial charge in [0.25, 0.3) is 0 Å². The SMILES string of the molecule is NC(=O)c1cc(O)c2c(c1CCCc1cc[n+](Cc3ccccc3)cc1)C(=O)c1cccc(O)c1C2=O. The summed E-state index contributed by atoms with van der Waals surface area (Å²) in [6.07, 6.45) is 5.55. The highest BCUT2D eigenvalue weighted by molar-refractivity contribution is 6.31. The number of aromatic nitrogens is 1. The highest BCUT2D eigenvalue weighted by Crippen LogP contribution is 2.39. The third kappa shape index (κ3) is 4.47. The second kappa shape index (κ2) is 9.70. The summed E-state index contributed by atoms with van der Waals surface area (Å²) < 4.78 is 2.08. The van der Waals surface area contributed by atoms with Gasteiger partial charge in [-0.05, 0) is 42.5 Å². The molecular formula is C30H25N2O5+. The number of fused-ring (bicyclic) bond motifs is 2. The molecule has 7 nitrogen and oxygen atoms in total. The van der Waals surface area contributed by atoms with Gasteiger partial charge in [-0.3, -0.25) is 14.4 Å². The number of carbonyl (C=O) groups excluding carboxylic acids is 3. The van der Waals surface area contributed by atoms with E-state index in [0.29, 0.717) is 24.8 Å². The van der Waals surface area contributed by atoms with Crippen LogP contribution in [0, 0.1) is 0 Å². The van der Waals surface area contributed by atoms with Crippen molar-refractivity contribution in [3.05, 3.63) is 124 Å². The van der Waals surface area contributed by atoms with E-state index < -0.39 is 23.2 Å². The minimum atomic E-state index is -0.795. The highest BCUT2D eigenvalue weighted by Gasteiger charge is 2.37. The van der Waals surface area contributed by atoms with Crippen molar-refractivity contribution in [1.29, 1.82) is 0 Å². The van der Waals surface area contributed by atoms with Crippen LogP contribution in [0.4, 0.5) is 0 Å². The third-order valence-electron chi connectivity index (χ3n) is 6.71. The molecule has 4 aromatic rings. The van der Waals surface area contributed by atoms with E-state index >= 15 is 0 Å². The number of rotatable bonds is 7. The maximum atomic E-state index is 13.4. The fourth-order valence-corrected chi connectivity index (χ4v) is 4.92. The number of aryl methyl sites for hydroxylation is 1. The molecule has 0 saturated carbocycles. The fraction of sp³-hybridized carbons (Fsp3) is 0.133. The number of carbonyl (C=O) groups is 3. The average Bonchev–Trinajstić information content (AvgIpc) is 2.89. The lowest BCUT2D eigenvalue weighted by Crippen LogP contribution is -2.33. The van der Waals surface area contributed by atoms with Crippen LogP contribution in [0.5, 0.6) is 11.5 Å². The molecule has 184 valence electrons. The minimum absolute atomic E-state index is 0.00904. The Balaban J connectivity index is 1.41. The summed E-state index contributed by atoms with van der Waals surface area (Å²) in [6, 6.07) is 19.6. The van der Waals surface area contributed by atoms with Gasteiger partial charge in [0, 0.05) is 34.4 Å². The molecule has 1 amide bonds. The van der Waals surface area contributed by atoms with E-state index in [2.05, 4.69) is 16.7 Å². The molecule has 0 spiro atoms. The van der Waals surface area contributed by atoms with Crippen molar-refractivity contribution in [2.45, 2.75) is 25.8 Å². The summed E-state index contributed by atoms with van der Waals surface area (Å²) in [5.74, 6) is -2.84. The van der Waals surface area contributed by atoms with Gasteiger partial charge in [-0.15, -0.1) is 0 Å². The van der Waals surface area contributed by atoms with E-state index in [4.69, 9.17) is 5.73 Å². The molecule has 3 aromatic carbocycles. The Bertz CT molecular complexity index is 1540. The zero-order chi connectivity index (χ0) is 26.1. The highest BCUT2D eigenvalue weighted by atomic mass is 16.3. The van der Waals surface area contributed by atoms with E-state index in [9.17, 15) is 24.6 Å². The molecule has 1 aliphatic rings. The first kappa shape index (κ1) is 23.9. The lowest BCUT2D eigenvalue weighted by Gasteiger charge is -2.23. The van der Waals surface area contributed by atoms with Gasteiger partial charge < -0.3 is 15.9 Å². The lowest BCUT2D eigenvalue weighted by atomic mass is 9.78. The van der Waals surface area contributed by atoms with Crippen molar-refractivity contribution >= 4 is 17.5 Å². The number of nitrogens with two attached hydrogens (primary N) is 1. The zero-order valence-corrected chi connectivity index (χ0v) is 20.0. The van der Waals surface area contributed by atoms with Crippen molar-refractivity contribution in [2.24, 2.45) is 5.73 Å². The number of aromatic hydroxyl groups is 2. The fourth-order valence-electron chi connectivity index (χ4n) is 4.92. The van der Waals surface area contributed by atoms with Crippen LogP contribution in [0.25, 0.3) is 0 Å². The zero-order valence-electron chi connectivity index (χ0n) is 20.0. The number of nitrogens with zero attached hydrogens (tertiary/aromatic N) is 1. The molecule has 7 heteroatoms. The Morgan fingerprint density at radius 1 is 0.757 bits per heavy atom. The predicted molar refractivity (Wildman–Crippen MR) is 136 cm³/mol. The number of hydrogen-bond donors (Lipinski definition) is 3. The number of benzene rings is 3. The summed E-state index contributed by atoms with van der Waals surface area (Å²) in [6.45, 7) is 0.760. The van der Waals surface area contributed by atoms with Gasteiger partial charge in [0.15, 0.2) is 24.7 Å². The topological polar surface area (TPSA) is 122 Å². The van der Waals surface area contributed by atoms with Crippen molar-refractivity contribution in [3.63, 3.8) is 0 Å². The number of pyridine rings is 1. The third-order valence-corrected chi connectivity index (χ3v) is 6.71. The van der Waals surface area contributed by atoms with Crippen LogP contribution < -0.4 is 10.3 Å². The smallest absolute Gasteiger partial charge is 0.249 e. The standard InChI is InChI=1S/C30H24N2O5/c31-30(37)22-16-24(34)27-26(28(35)21-10-5-11-23(33)25(21)29(27)36)20(22)9-4-8-18-12-14-32(15-13-18)17-19-6-2-1-3-7-19/h1-3,5-7,10-16H,4,8-9,17H2,(H3-,31,33,34,36,37)/p+1. The molecule has 0 radical (unpaired) electrons. The summed E-state index contributed by atoms with van der Waals surface area (Å²) in [4.78, 5) is 38.9. The van der Waals surface area contributed by atoms with Crippen molar-refractivity contribution in [1.82, 2.24) is 0 Å². The Labute approximate surface area is 213 Å². The number of primary amides is 1. The molecule has 37 heavy (non-hydrogen) atoms. The van der Waals surface area contributed by atoms with Gasteiger partial charge >= 0.3 is 0 Å². The van der Waals surface area contributed by atoms with Crippen LogP contribution in [0.2, 0.25) is 0 Å². The summed E-state index contributed by atoms with van der Waals surface area (Å²) in [5.41, 5.74) is 7.86. The van der Waals surface area contributed by atoms with Crippen LogP contribution in [0.1, 0.15) is 65.3 Å². The van der Waals surface area contributed by atoms with Crippen LogP contribution in [-0.2, 0) is 19.4 Å². The molecule has 0 saturated heterocycles. The van der Waals surface area contributed by atoms with E-state index in [1.807, 2.05) is 42.7 Å². The molecule has 0 atom stereocenters.